The summed E-state index contributed by atoms with van der Waals surface area (Å²) in [4.78, 5) is 26.7. The monoisotopic (exact) mass is 286 g/mol. The quantitative estimate of drug-likeness (QED) is 0.844. The van der Waals surface area contributed by atoms with Crippen LogP contribution in [-0.4, -0.2) is 29.3 Å². The first-order valence-electron chi connectivity index (χ1n) is 7.31. The number of carbonyl (C=O) groups excluding carboxylic acids is 2. The summed E-state index contributed by atoms with van der Waals surface area (Å²) >= 11 is 0. The molecule has 1 heterocycles. The van der Waals surface area contributed by atoms with Crippen LogP contribution in [-0.2, 0) is 9.59 Å². The van der Waals surface area contributed by atoms with Crippen LogP contribution in [0.1, 0.15) is 31.9 Å². The summed E-state index contributed by atoms with van der Waals surface area (Å²) in [6, 6.07) is 8.38. The van der Waals surface area contributed by atoms with Gasteiger partial charge in [0.15, 0.2) is 0 Å². The highest BCUT2D eigenvalue weighted by atomic mass is 16.2. The highest BCUT2D eigenvalue weighted by Crippen LogP contribution is 2.26. The predicted molar refractivity (Wildman–Crippen MR) is 82.5 cm³/mol. The van der Waals surface area contributed by atoms with Gasteiger partial charge in [0.2, 0.25) is 11.8 Å². The number of carbonyl (C=O) groups is 2. The third kappa shape index (κ3) is 3.32. The lowest BCUT2D eigenvalue weighted by Crippen LogP contribution is -2.59. The van der Waals surface area contributed by atoms with Crippen LogP contribution < -0.4 is 5.32 Å². The fraction of sp³-hybridized carbons (Fsp3) is 0.412. The zero-order chi connectivity index (χ0) is 15.4. The highest BCUT2D eigenvalue weighted by molar-refractivity contribution is 5.97. The Labute approximate surface area is 125 Å². The number of nitrogens with one attached hydrogen (secondary N) is 1. The van der Waals surface area contributed by atoms with Crippen LogP contribution in [0.25, 0.3) is 0 Å². The first-order valence-corrected chi connectivity index (χ1v) is 7.31. The molecule has 0 spiro atoms. The summed E-state index contributed by atoms with van der Waals surface area (Å²) < 4.78 is 0. The molecule has 1 saturated heterocycles. The van der Waals surface area contributed by atoms with Crippen LogP contribution in [0.4, 0.5) is 0 Å². The van der Waals surface area contributed by atoms with Gasteiger partial charge in [-0.1, -0.05) is 50.3 Å². The molecule has 1 fully saturated rings. The van der Waals surface area contributed by atoms with E-state index in [1.54, 1.807) is 11.0 Å². The molecule has 1 aliphatic rings. The van der Waals surface area contributed by atoms with Crippen LogP contribution in [0.2, 0.25) is 0 Å². The predicted octanol–water partition coefficient (Wildman–Crippen LogP) is 2.29. The highest BCUT2D eigenvalue weighted by Gasteiger charge is 2.40. The van der Waals surface area contributed by atoms with Crippen molar-refractivity contribution in [2.45, 2.75) is 32.4 Å². The van der Waals surface area contributed by atoms with Crippen molar-refractivity contribution >= 4 is 11.8 Å². The van der Waals surface area contributed by atoms with E-state index in [2.05, 4.69) is 11.9 Å². The summed E-state index contributed by atoms with van der Waals surface area (Å²) in [7, 11) is 0. The Hall–Kier alpha value is -2.10. The first-order chi connectivity index (χ1) is 10.0. The Morgan fingerprint density at radius 1 is 1.29 bits per heavy atom. The SMILES string of the molecule is C=CCN1C(=O)C(CC(C)C)NC(=O)C1c1ccccc1. The molecule has 2 amide bonds. The second kappa shape index (κ2) is 6.57. The first kappa shape index (κ1) is 15.3. The Morgan fingerprint density at radius 2 is 1.95 bits per heavy atom. The second-order valence-electron chi connectivity index (χ2n) is 5.78. The molecule has 21 heavy (non-hydrogen) atoms. The molecule has 4 heteroatoms. The standard InChI is InChI=1S/C17H22N2O2/c1-4-10-19-15(13-8-6-5-7-9-13)16(20)18-14(17(19)21)11-12(2)3/h4-9,12,14-15H,1,10-11H2,2-3H3,(H,18,20). The van der Waals surface area contributed by atoms with Gasteiger partial charge < -0.3 is 10.2 Å². The molecule has 1 aliphatic heterocycles. The Kier molecular flexibility index (Phi) is 4.78. The maximum atomic E-state index is 12.6. The minimum atomic E-state index is -0.569. The number of amides is 2. The van der Waals surface area contributed by atoms with Crippen LogP contribution in [0.3, 0.4) is 0 Å². The largest absolute Gasteiger partial charge is 0.342 e. The van der Waals surface area contributed by atoms with Gasteiger partial charge in [-0.2, -0.15) is 0 Å². The van der Waals surface area contributed by atoms with Crippen molar-refractivity contribution in [3.05, 3.63) is 48.6 Å². The fourth-order valence-electron chi connectivity index (χ4n) is 2.71. The smallest absolute Gasteiger partial charge is 0.248 e. The van der Waals surface area contributed by atoms with Crippen molar-refractivity contribution in [2.24, 2.45) is 5.92 Å². The Balaban J connectivity index is 2.31. The van der Waals surface area contributed by atoms with E-state index in [1.165, 1.54) is 0 Å². The summed E-state index contributed by atoms with van der Waals surface area (Å²) in [6.45, 7) is 8.16. The summed E-state index contributed by atoms with van der Waals surface area (Å²) in [6.07, 6.45) is 2.32. The molecule has 2 rings (SSSR count). The number of rotatable bonds is 5. The van der Waals surface area contributed by atoms with Gasteiger partial charge in [0.1, 0.15) is 12.1 Å². The molecule has 4 nitrogen and oxygen atoms in total. The Morgan fingerprint density at radius 3 is 2.52 bits per heavy atom. The number of hydrogen-bond acceptors (Lipinski definition) is 2. The molecule has 2 atom stereocenters. The average molecular weight is 286 g/mol. The molecule has 2 unspecified atom stereocenters. The molecule has 1 N–H and O–H groups in total. The van der Waals surface area contributed by atoms with Crippen LogP contribution in [0, 0.1) is 5.92 Å². The van der Waals surface area contributed by atoms with Gasteiger partial charge in [-0.3, -0.25) is 9.59 Å². The van der Waals surface area contributed by atoms with Crippen molar-refractivity contribution in [1.29, 1.82) is 0 Å². The maximum absolute atomic E-state index is 12.6. The summed E-state index contributed by atoms with van der Waals surface area (Å²) in [5, 5.41) is 2.87. The van der Waals surface area contributed by atoms with E-state index in [1.807, 2.05) is 44.2 Å². The normalized spacial score (nSPS) is 22.3. The van der Waals surface area contributed by atoms with E-state index in [4.69, 9.17) is 0 Å². The van der Waals surface area contributed by atoms with Crippen LogP contribution in [0.5, 0.6) is 0 Å². The van der Waals surface area contributed by atoms with E-state index in [0.717, 1.165) is 5.56 Å². The molecule has 1 aromatic carbocycles. The van der Waals surface area contributed by atoms with Crippen molar-refractivity contribution in [2.75, 3.05) is 6.54 Å². The maximum Gasteiger partial charge on any atom is 0.248 e. The minimum Gasteiger partial charge on any atom is -0.342 e. The van der Waals surface area contributed by atoms with E-state index in [0.29, 0.717) is 18.9 Å². The average Bonchev–Trinajstić information content (AvgIpc) is 2.45. The number of nitrogens with zero attached hydrogens (tertiary/aromatic N) is 1. The van der Waals surface area contributed by atoms with E-state index in [9.17, 15) is 9.59 Å². The molecular weight excluding hydrogens is 264 g/mol. The second-order valence-corrected chi connectivity index (χ2v) is 5.78. The zero-order valence-electron chi connectivity index (χ0n) is 12.6. The molecule has 0 aromatic heterocycles. The van der Waals surface area contributed by atoms with Crippen LogP contribution in [0.15, 0.2) is 43.0 Å². The Bertz CT molecular complexity index is 525. The third-order valence-electron chi connectivity index (χ3n) is 3.61. The lowest BCUT2D eigenvalue weighted by atomic mass is 9.95. The van der Waals surface area contributed by atoms with Gasteiger partial charge in [0.25, 0.3) is 0 Å². The van der Waals surface area contributed by atoms with Crippen molar-refractivity contribution in [3.8, 4) is 0 Å². The van der Waals surface area contributed by atoms with Crippen molar-refractivity contribution < 1.29 is 9.59 Å². The van der Waals surface area contributed by atoms with Gasteiger partial charge in [0.05, 0.1) is 0 Å². The number of hydrogen-bond donors (Lipinski definition) is 1. The molecule has 0 aliphatic carbocycles. The summed E-state index contributed by atoms with van der Waals surface area (Å²) in [5.41, 5.74) is 0.827. The fourth-order valence-corrected chi connectivity index (χ4v) is 2.71. The van der Waals surface area contributed by atoms with E-state index < -0.39 is 12.1 Å². The van der Waals surface area contributed by atoms with Gasteiger partial charge in [-0.05, 0) is 17.9 Å². The molecule has 112 valence electrons. The van der Waals surface area contributed by atoms with Gasteiger partial charge in [0, 0.05) is 6.54 Å². The summed E-state index contributed by atoms with van der Waals surface area (Å²) in [5.74, 6) is 0.198. The van der Waals surface area contributed by atoms with Crippen LogP contribution >= 0.6 is 0 Å². The van der Waals surface area contributed by atoms with Crippen molar-refractivity contribution in [3.63, 3.8) is 0 Å². The molecule has 1 aromatic rings. The lowest BCUT2D eigenvalue weighted by molar-refractivity contribution is -0.149. The molecular formula is C17H22N2O2. The topological polar surface area (TPSA) is 49.4 Å². The van der Waals surface area contributed by atoms with Gasteiger partial charge in [-0.15, -0.1) is 6.58 Å². The number of benzene rings is 1. The third-order valence-corrected chi connectivity index (χ3v) is 3.61. The number of piperazine rings is 1. The van der Waals surface area contributed by atoms with E-state index in [-0.39, 0.29) is 11.8 Å². The van der Waals surface area contributed by atoms with Crippen molar-refractivity contribution in [1.82, 2.24) is 10.2 Å². The van der Waals surface area contributed by atoms with Gasteiger partial charge in [-0.25, -0.2) is 0 Å². The van der Waals surface area contributed by atoms with Gasteiger partial charge >= 0.3 is 0 Å². The molecule has 0 radical (unpaired) electrons. The molecule has 0 saturated carbocycles. The minimum absolute atomic E-state index is 0.0305. The molecule has 0 bridgehead atoms. The zero-order valence-corrected chi connectivity index (χ0v) is 12.6. The lowest BCUT2D eigenvalue weighted by Gasteiger charge is -2.39. The van der Waals surface area contributed by atoms with E-state index >= 15 is 0 Å².